The third-order valence-corrected chi connectivity index (χ3v) is 5.07. The van der Waals surface area contributed by atoms with E-state index in [1.165, 1.54) is 6.20 Å². The van der Waals surface area contributed by atoms with Crippen molar-refractivity contribution in [3.8, 4) is 0 Å². The lowest BCUT2D eigenvalue weighted by Crippen LogP contribution is -2.40. The van der Waals surface area contributed by atoms with Crippen LogP contribution in [0, 0.1) is 6.92 Å². The number of thiazole rings is 1. The average Bonchev–Trinajstić information content (AvgIpc) is 3.16. The fourth-order valence-electron chi connectivity index (χ4n) is 2.81. The van der Waals surface area contributed by atoms with E-state index in [0.717, 1.165) is 33.5 Å². The van der Waals surface area contributed by atoms with Crippen LogP contribution in [0.25, 0.3) is 0 Å². The molecule has 0 radical (unpaired) electrons. The zero-order valence-electron chi connectivity index (χ0n) is 13.1. The van der Waals surface area contributed by atoms with Gasteiger partial charge in [0.05, 0.1) is 5.01 Å². The molecule has 5 nitrogen and oxygen atoms in total. The molecule has 24 heavy (non-hydrogen) atoms. The molecule has 0 N–H and O–H groups in total. The maximum absolute atomic E-state index is 12.6. The second kappa shape index (κ2) is 6.54. The van der Waals surface area contributed by atoms with Crippen molar-refractivity contribution >= 4 is 17.2 Å². The van der Waals surface area contributed by atoms with Crippen molar-refractivity contribution in [1.29, 1.82) is 0 Å². The van der Waals surface area contributed by atoms with Crippen LogP contribution in [0.4, 0.5) is 13.2 Å². The van der Waals surface area contributed by atoms with E-state index in [2.05, 4.69) is 10.1 Å². The number of halogens is 3. The van der Waals surface area contributed by atoms with E-state index in [4.69, 9.17) is 0 Å². The first-order chi connectivity index (χ1) is 11.3. The molecular weight excluding hydrogens is 341 g/mol. The van der Waals surface area contributed by atoms with E-state index in [-0.39, 0.29) is 18.4 Å². The van der Waals surface area contributed by atoms with Crippen LogP contribution in [-0.4, -0.2) is 38.7 Å². The number of hydrogen-bond donors (Lipinski definition) is 0. The predicted molar refractivity (Wildman–Crippen MR) is 82.6 cm³/mol. The van der Waals surface area contributed by atoms with Crippen LogP contribution in [-0.2, 0) is 17.5 Å². The van der Waals surface area contributed by atoms with Gasteiger partial charge in [-0.3, -0.25) is 9.48 Å². The molecular formula is C15H17F3N4OS. The topological polar surface area (TPSA) is 51.0 Å². The van der Waals surface area contributed by atoms with Gasteiger partial charge in [-0.05, 0) is 25.8 Å². The van der Waals surface area contributed by atoms with Gasteiger partial charge >= 0.3 is 6.18 Å². The Balaban J connectivity index is 1.63. The summed E-state index contributed by atoms with van der Waals surface area (Å²) in [6, 6.07) is 0.880. The number of carbonyl (C=O) groups excluding carboxylic acids is 1. The lowest BCUT2D eigenvalue weighted by atomic mass is 9.99. The molecule has 1 atom stereocenters. The molecule has 1 saturated heterocycles. The number of aromatic nitrogens is 3. The Bertz CT molecular complexity index is 724. The van der Waals surface area contributed by atoms with Crippen LogP contribution < -0.4 is 0 Å². The first kappa shape index (κ1) is 16.9. The normalized spacial score (nSPS) is 18.8. The fourth-order valence-corrected chi connectivity index (χ4v) is 3.71. The van der Waals surface area contributed by atoms with Crippen molar-refractivity contribution in [2.24, 2.45) is 0 Å². The number of carbonyl (C=O) groups is 1. The van der Waals surface area contributed by atoms with Crippen molar-refractivity contribution < 1.29 is 18.0 Å². The van der Waals surface area contributed by atoms with Gasteiger partial charge in [-0.1, -0.05) is 0 Å². The molecule has 130 valence electrons. The Kier molecular flexibility index (Phi) is 4.62. The SMILES string of the molecule is Cc1cnc([C@@H]2CCCN(C(=O)Cn3ccc(C(F)(F)F)n3)C2)s1. The summed E-state index contributed by atoms with van der Waals surface area (Å²) in [4.78, 5) is 19.6. The highest BCUT2D eigenvalue weighted by molar-refractivity contribution is 7.11. The summed E-state index contributed by atoms with van der Waals surface area (Å²) in [5, 5.41) is 4.45. The summed E-state index contributed by atoms with van der Waals surface area (Å²) in [5.41, 5.74) is -0.981. The highest BCUT2D eigenvalue weighted by Gasteiger charge is 2.34. The molecule has 0 aliphatic carbocycles. The summed E-state index contributed by atoms with van der Waals surface area (Å²) in [7, 11) is 0. The lowest BCUT2D eigenvalue weighted by Gasteiger charge is -2.31. The van der Waals surface area contributed by atoms with E-state index < -0.39 is 11.9 Å². The number of nitrogens with zero attached hydrogens (tertiary/aromatic N) is 4. The Morgan fingerprint density at radius 2 is 2.25 bits per heavy atom. The van der Waals surface area contributed by atoms with Gasteiger partial charge in [0.25, 0.3) is 0 Å². The summed E-state index contributed by atoms with van der Waals surface area (Å²) in [6.07, 6.45) is 0.349. The van der Waals surface area contributed by atoms with E-state index >= 15 is 0 Å². The molecule has 1 amide bonds. The van der Waals surface area contributed by atoms with Crippen LogP contribution in [0.15, 0.2) is 18.5 Å². The molecule has 0 unspecified atom stereocenters. The third-order valence-electron chi connectivity index (χ3n) is 3.99. The largest absolute Gasteiger partial charge is 0.435 e. The fraction of sp³-hybridized carbons (Fsp3) is 0.533. The number of likely N-dealkylation sites (tertiary alicyclic amines) is 1. The van der Waals surface area contributed by atoms with E-state index in [1.807, 2.05) is 13.1 Å². The molecule has 2 aromatic rings. The van der Waals surface area contributed by atoms with Crippen LogP contribution >= 0.6 is 11.3 Å². The average molecular weight is 358 g/mol. The Morgan fingerprint density at radius 3 is 2.88 bits per heavy atom. The van der Waals surface area contributed by atoms with Crippen LogP contribution in [0.5, 0.6) is 0 Å². The minimum atomic E-state index is -4.49. The zero-order chi connectivity index (χ0) is 17.3. The summed E-state index contributed by atoms with van der Waals surface area (Å²) in [5.74, 6) is -0.0189. The number of aryl methyl sites for hydroxylation is 1. The third kappa shape index (κ3) is 3.77. The first-order valence-electron chi connectivity index (χ1n) is 7.63. The van der Waals surface area contributed by atoms with Gasteiger partial charge in [0.1, 0.15) is 6.54 Å². The Hall–Kier alpha value is -1.90. The smallest absolute Gasteiger partial charge is 0.340 e. The summed E-state index contributed by atoms with van der Waals surface area (Å²) in [6.45, 7) is 2.98. The molecule has 3 rings (SSSR count). The van der Waals surface area contributed by atoms with Gasteiger partial charge < -0.3 is 4.90 Å². The number of amides is 1. The molecule has 1 fully saturated rings. The van der Waals surface area contributed by atoms with Gasteiger partial charge in [0.2, 0.25) is 5.91 Å². The van der Waals surface area contributed by atoms with E-state index in [9.17, 15) is 18.0 Å². The molecule has 2 aromatic heterocycles. The molecule has 0 bridgehead atoms. The highest BCUT2D eigenvalue weighted by Crippen LogP contribution is 2.30. The number of piperidine rings is 1. The van der Waals surface area contributed by atoms with Crippen molar-refractivity contribution in [2.45, 2.75) is 38.4 Å². The molecule has 0 saturated carbocycles. The van der Waals surface area contributed by atoms with Crippen molar-refractivity contribution in [3.05, 3.63) is 34.0 Å². The van der Waals surface area contributed by atoms with Crippen molar-refractivity contribution in [1.82, 2.24) is 19.7 Å². The molecule has 0 spiro atoms. The summed E-state index contributed by atoms with van der Waals surface area (Å²) < 4.78 is 38.7. The van der Waals surface area contributed by atoms with Crippen molar-refractivity contribution in [3.63, 3.8) is 0 Å². The van der Waals surface area contributed by atoms with Gasteiger partial charge in [0, 0.05) is 36.3 Å². The molecule has 1 aliphatic heterocycles. The monoisotopic (exact) mass is 358 g/mol. The zero-order valence-corrected chi connectivity index (χ0v) is 13.9. The number of alkyl halides is 3. The predicted octanol–water partition coefficient (Wildman–Crippen LogP) is 3.07. The van der Waals surface area contributed by atoms with E-state index in [1.54, 1.807) is 16.2 Å². The Labute approximate surface area is 141 Å². The van der Waals surface area contributed by atoms with Gasteiger partial charge in [0.15, 0.2) is 5.69 Å². The maximum atomic E-state index is 12.6. The second-order valence-corrected chi connectivity index (χ2v) is 7.15. The number of hydrogen-bond acceptors (Lipinski definition) is 4. The second-order valence-electron chi connectivity index (χ2n) is 5.88. The minimum absolute atomic E-state index is 0.181. The first-order valence-corrected chi connectivity index (χ1v) is 8.45. The van der Waals surface area contributed by atoms with Gasteiger partial charge in [-0.25, -0.2) is 4.98 Å². The van der Waals surface area contributed by atoms with Crippen LogP contribution in [0.1, 0.15) is 34.3 Å². The number of rotatable bonds is 3. The maximum Gasteiger partial charge on any atom is 0.435 e. The summed E-state index contributed by atoms with van der Waals surface area (Å²) >= 11 is 1.63. The molecule has 0 aromatic carbocycles. The van der Waals surface area contributed by atoms with Crippen molar-refractivity contribution in [2.75, 3.05) is 13.1 Å². The molecule has 1 aliphatic rings. The van der Waals surface area contributed by atoms with Crippen LogP contribution in [0.2, 0.25) is 0 Å². The molecule has 3 heterocycles. The standard InChI is InChI=1S/C15H17F3N4OS/c1-10-7-19-14(24-10)11-3-2-5-21(8-11)13(23)9-22-6-4-12(20-22)15(16,17)18/h4,6-7,11H,2-3,5,8-9H2,1H3/t11-/m1/s1. The Morgan fingerprint density at radius 1 is 1.46 bits per heavy atom. The van der Waals surface area contributed by atoms with E-state index in [0.29, 0.717) is 13.1 Å². The molecule has 9 heteroatoms. The quantitative estimate of drug-likeness (QED) is 0.847. The highest BCUT2D eigenvalue weighted by atomic mass is 32.1. The lowest BCUT2D eigenvalue weighted by molar-refractivity contribution is -0.142. The minimum Gasteiger partial charge on any atom is -0.340 e. The van der Waals surface area contributed by atoms with Gasteiger partial charge in [-0.15, -0.1) is 11.3 Å². The van der Waals surface area contributed by atoms with Crippen LogP contribution in [0.3, 0.4) is 0 Å². The van der Waals surface area contributed by atoms with Gasteiger partial charge in [-0.2, -0.15) is 18.3 Å².